The topological polar surface area (TPSA) is 38.3 Å². The third-order valence-electron chi connectivity index (χ3n) is 3.97. The van der Waals surface area contributed by atoms with Gasteiger partial charge in [-0.1, -0.05) is 31.2 Å². The Morgan fingerprint density at radius 1 is 1.44 bits per heavy atom. The second kappa shape index (κ2) is 5.53. The van der Waals surface area contributed by atoms with Crippen LogP contribution in [0, 0.1) is 5.92 Å². The van der Waals surface area contributed by atoms with Gasteiger partial charge in [-0.25, -0.2) is 0 Å². The second-order valence-electron chi connectivity index (χ2n) is 5.11. The number of carbonyl (C=O) groups excluding carboxylic acids is 1. The highest BCUT2D eigenvalue weighted by atomic mass is 16.5. The van der Waals surface area contributed by atoms with Gasteiger partial charge in [0.2, 0.25) is 0 Å². The van der Waals surface area contributed by atoms with E-state index in [1.165, 1.54) is 18.2 Å². The van der Waals surface area contributed by atoms with Gasteiger partial charge in [0.25, 0.3) is 0 Å². The predicted molar refractivity (Wildman–Crippen MR) is 71.5 cm³/mol. The van der Waals surface area contributed by atoms with E-state index in [0.717, 1.165) is 13.0 Å². The molecule has 0 saturated carbocycles. The summed E-state index contributed by atoms with van der Waals surface area (Å²) in [7, 11) is 1.44. The number of methoxy groups -OCH3 is 1. The lowest BCUT2D eigenvalue weighted by molar-refractivity contribution is -0.145. The maximum absolute atomic E-state index is 11.4. The number of ether oxygens (including phenoxy) is 1. The summed E-state index contributed by atoms with van der Waals surface area (Å²) >= 11 is 0. The molecule has 3 atom stereocenters. The number of nitrogens with one attached hydrogen (secondary N) is 1. The number of esters is 1. The Bertz CT molecular complexity index is 430. The van der Waals surface area contributed by atoms with Gasteiger partial charge in [0.15, 0.2) is 0 Å². The van der Waals surface area contributed by atoms with Gasteiger partial charge in [-0.3, -0.25) is 4.79 Å². The van der Waals surface area contributed by atoms with Crippen LogP contribution in [0.5, 0.6) is 0 Å². The van der Waals surface area contributed by atoms with Crippen LogP contribution in [0.15, 0.2) is 24.3 Å². The molecule has 1 aliphatic rings. The fraction of sp³-hybridized carbons (Fsp3) is 0.533. The Labute approximate surface area is 109 Å². The molecule has 3 unspecified atom stereocenters. The summed E-state index contributed by atoms with van der Waals surface area (Å²) in [6, 6.07) is 8.70. The molecule has 0 spiro atoms. The van der Waals surface area contributed by atoms with E-state index in [9.17, 15) is 4.79 Å². The first-order valence-corrected chi connectivity index (χ1v) is 6.52. The lowest BCUT2D eigenvalue weighted by Crippen LogP contribution is -2.40. The van der Waals surface area contributed by atoms with Crippen molar-refractivity contribution < 1.29 is 9.53 Å². The average molecular weight is 247 g/mol. The molecule has 0 bridgehead atoms. The summed E-state index contributed by atoms with van der Waals surface area (Å²) in [6.07, 6.45) is 1.14. The van der Waals surface area contributed by atoms with Gasteiger partial charge in [0.1, 0.15) is 0 Å². The zero-order valence-corrected chi connectivity index (χ0v) is 11.3. The highest BCUT2D eigenvalue weighted by molar-refractivity contribution is 5.72. The van der Waals surface area contributed by atoms with Crippen molar-refractivity contribution in [2.75, 3.05) is 13.7 Å². The van der Waals surface area contributed by atoms with Crippen LogP contribution in [0.4, 0.5) is 0 Å². The number of hydrogen-bond donors (Lipinski definition) is 1. The van der Waals surface area contributed by atoms with E-state index in [0.29, 0.717) is 5.92 Å². The maximum Gasteiger partial charge on any atom is 0.309 e. The number of hydrogen-bond acceptors (Lipinski definition) is 3. The highest BCUT2D eigenvalue weighted by Gasteiger charge is 2.27. The van der Waals surface area contributed by atoms with Crippen LogP contribution in [0.25, 0.3) is 0 Å². The van der Waals surface area contributed by atoms with Crippen LogP contribution in [-0.4, -0.2) is 25.7 Å². The van der Waals surface area contributed by atoms with Gasteiger partial charge in [-0.15, -0.1) is 0 Å². The number of carbonyl (C=O) groups is 1. The van der Waals surface area contributed by atoms with Crippen molar-refractivity contribution >= 4 is 5.97 Å². The first-order chi connectivity index (χ1) is 8.63. The van der Waals surface area contributed by atoms with E-state index in [4.69, 9.17) is 4.74 Å². The monoisotopic (exact) mass is 247 g/mol. The van der Waals surface area contributed by atoms with Crippen molar-refractivity contribution in [2.24, 2.45) is 5.92 Å². The molecule has 1 aromatic carbocycles. The molecule has 18 heavy (non-hydrogen) atoms. The molecule has 1 aliphatic carbocycles. The summed E-state index contributed by atoms with van der Waals surface area (Å²) < 4.78 is 4.76. The summed E-state index contributed by atoms with van der Waals surface area (Å²) in [4.78, 5) is 11.4. The quantitative estimate of drug-likeness (QED) is 0.810. The Hall–Kier alpha value is -1.35. The van der Waals surface area contributed by atoms with Crippen LogP contribution < -0.4 is 5.32 Å². The van der Waals surface area contributed by atoms with E-state index in [1.54, 1.807) is 0 Å². The van der Waals surface area contributed by atoms with Gasteiger partial charge in [-0.2, -0.15) is 0 Å². The smallest absolute Gasteiger partial charge is 0.309 e. The van der Waals surface area contributed by atoms with Crippen molar-refractivity contribution in [3.8, 4) is 0 Å². The van der Waals surface area contributed by atoms with E-state index in [-0.39, 0.29) is 17.9 Å². The van der Waals surface area contributed by atoms with Crippen molar-refractivity contribution in [1.82, 2.24) is 5.32 Å². The van der Waals surface area contributed by atoms with E-state index in [2.05, 4.69) is 29.6 Å². The molecule has 0 aromatic heterocycles. The minimum atomic E-state index is -0.149. The van der Waals surface area contributed by atoms with Gasteiger partial charge in [0, 0.05) is 18.5 Å². The fourth-order valence-corrected chi connectivity index (χ4v) is 2.44. The molecule has 0 aliphatic heterocycles. The van der Waals surface area contributed by atoms with Gasteiger partial charge < -0.3 is 10.1 Å². The Balaban J connectivity index is 1.82. The second-order valence-corrected chi connectivity index (χ2v) is 5.11. The molecule has 0 radical (unpaired) electrons. The van der Waals surface area contributed by atoms with Gasteiger partial charge in [-0.05, 0) is 24.5 Å². The molecular weight excluding hydrogens is 226 g/mol. The minimum Gasteiger partial charge on any atom is -0.469 e. The molecule has 0 amide bonds. The molecule has 2 rings (SSSR count). The molecule has 3 nitrogen and oxygen atoms in total. The summed E-state index contributed by atoms with van der Waals surface area (Å²) in [5.41, 5.74) is 2.90. The van der Waals surface area contributed by atoms with E-state index < -0.39 is 0 Å². The molecule has 1 N–H and O–H groups in total. The first-order valence-electron chi connectivity index (χ1n) is 6.52. The molecule has 98 valence electrons. The normalized spacial score (nSPS) is 20.5. The number of rotatable bonds is 5. The zero-order valence-electron chi connectivity index (χ0n) is 11.3. The van der Waals surface area contributed by atoms with Crippen LogP contribution in [0.3, 0.4) is 0 Å². The molecule has 1 aromatic rings. The van der Waals surface area contributed by atoms with Crippen LogP contribution in [-0.2, 0) is 16.0 Å². The lowest BCUT2D eigenvalue weighted by Gasteiger charge is -2.32. The molecular formula is C15H21NO2. The largest absolute Gasteiger partial charge is 0.469 e. The standard InChI is InChI=1S/C15H21NO2/c1-10(15(17)18-3)11(2)16-9-13-8-12-6-4-5-7-14(12)13/h4-7,10-11,13,16H,8-9H2,1-3H3. The van der Waals surface area contributed by atoms with Crippen molar-refractivity contribution in [3.63, 3.8) is 0 Å². The highest BCUT2D eigenvalue weighted by Crippen LogP contribution is 2.34. The third kappa shape index (κ3) is 2.56. The average Bonchev–Trinajstić information content (AvgIpc) is 2.37. The van der Waals surface area contributed by atoms with E-state index in [1.807, 2.05) is 13.8 Å². The molecule has 3 heteroatoms. The molecule has 0 saturated heterocycles. The third-order valence-corrected chi connectivity index (χ3v) is 3.97. The lowest BCUT2D eigenvalue weighted by atomic mass is 9.77. The predicted octanol–water partition coefficient (Wildman–Crippen LogP) is 2.11. The Kier molecular flexibility index (Phi) is 4.02. The minimum absolute atomic E-state index is 0.106. The Morgan fingerprint density at radius 3 is 2.83 bits per heavy atom. The van der Waals surface area contributed by atoms with Crippen LogP contribution in [0.1, 0.15) is 30.9 Å². The van der Waals surface area contributed by atoms with Crippen LogP contribution in [0.2, 0.25) is 0 Å². The summed E-state index contributed by atoms with van der Waals surface area (Å²) in [6.45, 7) is 4.86. The first kappa shape index (κ1) is 13.1. The maximum atomic E-state index is 11.4. The van der Waals surface area contributed by atoms with Gasteiger partial charge in [0.05, 0.1) is 13.0 Å². The zero-order chi connectivity index (χ0) is 13.1. The molecule has 0 fully saturated rings. The van der Waals surface area contributed by atoms with Crippen molar-refractivity contribution in [3.05, 3.63) is 35.4 Å². The number of benzene rings is 1. The Morgan fingerprint density at radius 2 is 2.17 bits per heavy atom. The molecule has 0 heterocycles. The summed E-state index contributed by atoms with van der Waals surface area (Å²) in [5.74, 6) is 0.336. The number of fused-ring (bicyclic) bond motifs is 1. The SMILES string of the molecule is COC(=O)C(C)C(C)NCC1Cc2ccccc21. The van der Waals surface area contributed by atoms with Crippen molar-refractivity contribution in [1.29, 1.82) is 0 Å². The van der Waals surface area contributed by atoms with Crippen molar-refractivity contribution in [2.45, 2.75) is 32.2 Å². The van der Waals surface area contributed by atoms with Gasteiger partial charge >= 0.3 is 5.97 Å². The van der Waals surface area contributed by atoms with E-state index >= 15 is 0 Å². The summed E-state index contributed by atoms with van der Waals surface area (Å²) in [5, 5.41) is 3.44. The fourth-order valence-electron chi connectivity index (χ4n) is 2.44. The van der Waals surface area contributed by atoms with Crippen LogP contribution >= 0.6 is 0 Å².